The van der Waals surface area contributed by atoms with Crippen molar-refractivity contribution < 1.29 is 23.8 Å². The summed E-state index contributed by atoms with van der Waals surface area (Å²) in [6.45, 7) is 4.12. The molecule has 2 aromatic rings. The van der Waals surface area contributed by atoms with Gasteiger partial charge in [0.05, 0.1) is 12.6 Å². The number of carbonyl (C=O) groups excluding carboxylic acids is 2. The van der Waals surface area contributed by atoms with Gasteiger partial charge in [0, 0.05) is 0 Å². The monoisotopic (exact) mass is 411 g/mol. The summed E-state index contributed by atoms with van der Waals surface area (Å²) in [6.07, 6.45) is -1.39. The van der Waals surface area contributed by atoms with E-state index in [0.717, 1.165) is 11.1 Å². The highest BCUT2D eigenvalue weighted by Crippen LogP contribution is 2.19. The zero-order valence-electron chi connectivity index (χ0n) is 17.0. The molecule has 2 aromatic carbocycles. The predicted molar refractivity (Wildman–Crippen MR) is 111 cm³/mol. The zero-order valence-corrected chi connectivity index (χ0v) is 17.0. The average Bonchev–Trinajstić information content (AvgIpc) is 3.21. The average molecular weight is 411 g/mol. The normalized spacial score (nSPS) is 15.5. The van der Waals surface area contributed by atoms with E-state index in [-0.39, 0.29) is 25.2 Å². The van der Waals surface area contributed by atoms with Crippen molar-refractivity contribution in [1.82, 2.24) is 10.6 Å². The second-order valence-corrected chi connectivity index (χ2v) is 7.30. The van der Waals surface area contributed by atoms with E-state index in [1.807, 2.05) is 60.7 Å². The Morgan fingerprint density at radius 3 is 2.17 bits per heavy atom. The number of carbonyl (C=O) groups is 2. The van der Waals surface area contributed by atoms with Gasteiger partial charge in [0.15, 0.2) is 0 Å². The van der Waals surface area contributed by atoms with E-state index in [9.17, 15) is 9.59 Å². The van der Waals surface area contributed by atoms with Crippen LogP contribution in [-0.2, 0) is 27.4 Å². The summed E-state index contributed by atoms with van der Waals surface area (Å²) < 4.78 is 15.8. The third-order valence-corrected chi connectivity index (χ3v) is 4.56. The molecule has 0 aromatic heterocycles. The fourth-order valence-electron chi connectivity index (χ4n) is 2.80. The Bertz CT molecular complexity index is 884. The first-order valence-corrected chi connectivity index (χ1v) is 9.61. The highest BCUT2D eigenvalue weighted by molar-refractivity contribution is 5.95. The van der Waals surface area contributed by atoms with Crippen molar-refractivity contribution in [2.24, 2.45) is 4.99 Å². The van der Waals surface area contributed by atoms with E-state index in [0.29, 0.717) is 6.54 Å². The second-order valence-electron chi connectivity index (χ2n) is 7.30. The number of benzene rings is 2. The maximum atomic E-state index is 12.1. The minimum atomic E-state index is -0.908. The molecule has 8 heteroatoms. The Morgan fingerprint density at radius 2 is 1.57 bits per heavy atom. The van der Waals surface area contributed by atoms with Crippen molar-refractivity contribution in [2.45, 2.75) is 38.7 Å². The van der Waals surface area contributed by atoms with Crippen molar-refractivity contribution in [3.63, 3.8) is 0 Å². The molecule has 0 radical (unpaired) electrons. The van der Waals surface area contributed by atoms with Crippen LogP contribution in [0.25, 0.3) is 0 Å². The molecule has 1 atom stereocenters. The minimum absolute atomic E-state index is 0.129. The van der Waals surface area contributed by atoms with Crippen LogP contribution in [0.15, 0.2) is 65.7 Å². The van der Waals surface area contributed by atoms with Gasteiger partial charge in [-0.05, 0) is 25.0 Å². The quantitative estimate of drug-likeness (QED) is 0.707. The van der Waals surface area contributed by atoms with E-state index in [1.54, 1.807) is 13.8 Å². The standard InChI is InChI=1S/C22H25N3O5/c1-22(2,30-21(27)29-15-17-11-7-4-8-12-17)18-13-23-19(24-18)25-20(26)28-14-16-9-5-3-6-10-16/h3-12,18H,13-15H2,1-2H3,(H2,23,24,25,26). The van der Waals surface area contributed by atoms with Gasteiger partial charge in [-0.3, -0.25) is 10.3 Å². The topological polar surface area (TPSA) is 98.3 Å². The van der Waals surface area contributed by atoms with Crippen molar-refractivity contribution in [3.05, 3.63) is 71.8 Å². The highest BCUT2D eigenvalue weighted by atomic mass is 16.7. The first kappa shape index (κ1) is 21.2. The van der Waals surface area contributed by atoms with Gasteiger partial charge in [-0.2, -0.15) is 0 Å². The summed E-state index contributed by atoms with van der Waals surface area (Å²) in [5, 5.41) is 5.60. The Hall–Kier alpha value is -3.55. The molecular formula is C22H25N3O5. The molecule has 158 valence electrons. The Kier molecular flexibility index (Phi) is 6.90. The Morgan fingerprint density at radius 1 is 1.00 bits per heavy atom. The molecule has 1 amide bonds. The minimum Gasteiger partial charge on any atom is -0.444 e. The lowest BCUT2D eigenvalue weighted by atomic mass is 9.99. The van der Waals surface area contributed by atoms with Crippen LogP contribution in [0, 0.1) is 0 Å². The number of nitrogens with zero attached hydrogens (tertiary/aromatic N) is 1. The van der Waals surface area contributed by atoms with Crippen molar-refractivity contribution in [3.8, 4) is 0 Å². The summed E-state index contributed by atoms with van der Waals surface area (Å²) in [5.41, 5.74) is 0.847. The number of hydrogen-bond acceptors (Lipinski definition) is 7. The molecule has 0 fully saturated rings. The fraction of sp³-hybridized carbons (Fsp3) is 0.318. The number of guanidine groups is 1. The lowest BCUT2D eigenvalue weighted by molar-refractivity contribution is -0.0324. The van der Waals surface area contributed by atoms with Crippen LogP contribution in [0.2, 0.25) is 0 Å². The molecule has 0 spiro atoms. The van der Waals surface area contributed by atoms with Gasteiger partial charge in [-0.25, -0.2) is 9.59 Å². The van der Waals surface area contributed by atoms with Crippen LogP contribution in [-0.4, -0.2) is 36.4 Å². The van der Waals surface area contributed by atoms with Crippen LogP contribution < -0.4 is 10.6 Å². The van der Waals surface area contributed by atoms with Gasteiger partial charge < -0.3 is 19.5 Å². The van der Waals surface area contributed by atoms with E-state index >= 15 is 0 Å². The van der Waals surface area contributed by atoms with E-state index in [4.69, 9.17) is 14.2 Å². The molecule has 1 aliphatic rings. The number of aliphatic imine (C=N–C) groups is 1. The van der Waals surface area contributed by atoms with Gasteiger partial charge in [-0.1, -0.05) is 60.7 Å². The second kappa shape index (κ2) is 9.78. The number of rotatable bonds is 6. The molecule has 0 saturated carbocycles. The molecule has 8 nitrogen and oxygen atoms in total. The number of alkyl carbamates (subject to hydrolysis) is 1. The van der Waals surface area contributed by atoms with Gasteiger partial charge in [0.2, 0.25) is 5.96 Å². The van der Waals surface area contributed by atoms with Gasteiger partial charge in [0.1, 0.15) is 18.8 Å². The number of nitrogens with one attached hydrogen (secondary N) is 2. The number of hydrogen-bond donors (Lipinski definition) is 2. The Labute approximate surface area is 175 Å². The molecule has 3 rings (SSSR count). The van der Waals surface area contributed by atoms with Crippen LogP contribution in [0.3, 0.4) is 0 Å². The molecule has 1 heterocycles. The SMILES string of the molecule is CC(C)(OC(=O)OCc1ccccc1)C1CN=C(NC(=O)OCc2ccccc2)N1. The lowest BCUT2D eigenvalue weighted by Crippen LogP contribution is -2.52. The summed E-state index contributed by atoms with van der Waals surface area (Å²) >= 11 is 0. The molecular weight excluding hydrogens is 386 g/mol. The molecule has 1 unspecified atom stereocenters. The van der Waals surface area contributed by atoms with Gasteiger partial charge in [0.25, 0.3) is 0 Å². The summed E-state index contributed by atoms with van der Waals surface area (Å²) in [4.78, 5) is 28.3. The molecule has 0 aliphatic carbocycles. The predicted octanol–water partition coefficient (Wildman–Crippen LogP) is 3.37. The summed E-state index contributed by atoms with van der Waals surface area (Å²) in [5.74, 6) is 0.271. The largest absolute Gasteiger partial charge is 0.509 e. The first-order chi connectivity index (χ1) is 14.4. The molecule has 0 saturated heterocycles. The highest BCUT2D eigenvalue weighted by Gasteiger charge is 2.37. The van der Waals surface area contributed by atoms with Crippen molar-refractivity contribution in [1.29, 1.82) is 0 Å². The molecule has 2 N–H and O–H groups in total. The van der Waals surface area contributed by atoms with Crippen LogP contribution in [0.1, 0.15) is 25.0 Å². The van der Waals surface area contributed by atoms with E-state index in [1.165, 1.54) is 0 Å². The molecule has 1 aliphatic heterocycles. The number of amides is 1. The van der Waals surface area contributed by atoms with Crippen molar-refractivity contribution >= 4 is 18.2 Å². The maximum Gasteiger partial charge on any atom is 0.509 e. The maximum absolute atomic E-state index is 12.1. The summed E-state index contributed by atoms with van der Waals surface area (Å²) in [7, 11) is 0. The molecule has 0 bridgehead atoms. The number of ether oxygens (including phenoxy) is 3. The first-order valence-electron chi connectivity index (χ1n) is 9.61. The summed E-state index contributed by atoms with van der Waals surface area (Å²) in [6, 6.07) is 18.4. The van der Waals surface area contributed by atoms with Crippen LogP contribution >= 0.6 is 0 Å². The van der Waals surface area contributed by atoms with E-state index in [2.05, 4.69) is 15.6 Å². The van der Waals surface area contributed by atoms with Crippen LogP contribution in [0.5, 0.6) is 0 Å². The smallest absolute Gasteiger partial charge is 0.444 e. The Balaban J connectivity index is 1.41. The zero-order chi connectivity index (χ0) is 21.4. The fourth-order valence-corrected chi connectivity index (χ4v) is 2.80. The molecule has 30 heavy (non-hydrogen) atoms. The lowest BCUT2D eigenvalue weighted by Gasteiger charge is -2.30. The van der Waals surface area contributed by atoms with E-state index < -0.39 is 17.8 Å². The van der Waals surface area contributed by atoms with Gasteiger partial charge >= 0.3 is 12.2 Å². The van der Waals surface area contributed by atoms with Gasteiger partial charge in [-0.15, -0.1) is 0 Å². The third-order valence-electron chi connectivity index (χ3n) is 4.56. The third kappa shape index (κ3) is 6.23. The van der Waals surface area contributed by atoms with Crippen molar-refractivity contribution in [2.75, 3.05) is 6.54 Å². The van der Waals surface area contributed by atoms with Crippen LogP contribution in [0.4, 0.5) is 9.59 Å².